The first-order valence-electron chi connectivity index (χ1n) is 8.54. The van der Waals surface area contributed by atoms with Crippen molar-refractivity contribution in [2.75, 3.05) is 11.9 Å². The van der Waals surface area contributed by atoms with Crippen LogP contribution in [0.2, 0.25) is 0 Å². The molecule has 0 radical (unpaired) electrons. The smallest absolute Gasteiger partial charge is 0.312 e. The van der Waals surface area contributed by atoms with Gasteiger partial charge in [0.2, 0.25) is 5.91 Å². The second-order valence-corrected chi connectivity index (χ2v) is 7.27. The Bertz CT molecular complexity index is 891. The summed E-state index contributed by atoms with van der Waals surface area (Å²) in [6.07, 6.45) is 0.439. The van der Waals surface area contributed by atoms with E-state index >= 15 is 0 Å². The summed E-state index contributed by atoms with van der Waals surface area (Å²) in [7, 11) is 0. The minimum atomic E-state index is -1.09. The van der Waals surface area contributed by atoms with E-state index in [0.29, 0.717) is 10.8 Å². The lowest BCUT2D eigenvalue weighted by Crippen LogP contribution is -2.33. The first-order chi connectivity index (χ1) is 13.3. The number of primary amides is 1. The Morgan fingerprint density at radius 2 is 2.21 bits per heavy atom. The highest BCUT2D eigenvalue weighted by Crippen LogP contribution is 2.24. The lowest BCUT2D eigenvalue weighted by atomic mass is 10.1. The van der Waals surface area contributed by atoms with Crippen molar-refractivity contribution in [3.8, 4) is 0 Å². The molecular formula is C18H19N3O6S. The number of furan rings is 1. The Labute approximate surface area is 164 Å². The van der Waals surface area contributed by atoms with E-state index in [2.05, 4.69) is 5.32 Å². The van der Waals surface area contributed by atoms with Gasteiger partial charge in [-0.15, -0.1) is 11.3 Å². The second kappa shape index (κ2) is 8.26. The fourth-order valence-electron chi connectivity index (χ4n) is 2.81. The quantitative estimate of drug-likeness (QED) is 0.669. The number of rotatable bonds is 7. The zero-order valence-corrected chi connectivity index (χ0v) is 15.9. The molecule has 3 rings (SSSR count). The molecule has 3 amide bonds. The predicted octanol–water partition coefficient (Wildman–Crippen LogP) is 1.36. The molecule has 1 fully saturated rings. The van der Waals surface area contributed by atoms with Gasteiger partial charge in [0.1, 0.15) is 10.8 Å². The number of nitrogens with two attached hydrogens (primary N) is 1. The summed E-state index contributed by atoms with van der Waals surface area (Å²) in [5, 5.41) is 4.43. The van der Waals surface area contributed by atoms with Gasteiger partial charge >= 0.3 is 5.97 Å². The molecule has 3 heterocycles. The van der Waals surface area contributed by atoms with Crippen molar-refractivity contribution >= 4 is 40.0 Å². The van der Waals surface area contributed by atoms with E-state index in [1.54, 1.807) is 17.5 Å². The molecule has 28 heavy (non-hydrogen) atoms. The first-order valence-corrected chi connectivity index (χ1v) is 9.42. The number of thiophene rings is 1. The number of nitrogens with one attached hydrogen (secondary N) is 1. The van der Waals surface area contributed by atoms with Crippen molar-refractivity contribution in [3.05, 3.63) is 41.2 Å². The second-order valence-electron chi connectivity index (χ2n) is 6.35. The number of anilines is 1. The monoisotopic (exact) mass is 405 g/mol. The third-order valence-electron chi connectivity index (χ3n) is 4.30. The van der Waals surface area contributed by atoms with Crippen molar-refractivity contribution in [1.29, 1.82) is 0 Å². The summed E-state index contributed by atoms with van der Waals surface area (Å²) in [5.41, 5.74) is 5.42. The minimum absolute atomic E-state index is 0.0185. The lowest BCUT2D eigenvalue weighted by Gasteiger charge is -2.17. The third-order valence-corrected chi connectivity index (χ3v) is 5.13. The summed E-state index contributed by atoms with van der Waals surface area (Å²) >= 11 is 1.14. The Balaban J connectivity index is 1.53. The van der Waals surface area contributed by atoms with Gasteiger partial charge in [-0.3, -0.25) is 19.2 Å². The van der Waals surface area contributed by atoms with Crippen LogP contribution in [-0.2, 0) is 25.7 Å². The van der Waals surface area contributed by atoms with E-state index in [1.165, 1.54) is 24.2 Å². The van der Waals surface area contributed by atoms with E-state index in [4.69, 9.17) is 14.9 Å². The maximum atomic E-state index is 12.4. The first kappa shape index (κ1) is 19.6. The molecule has 0 spiro atoms. The van der Waals surface area contributed by atoms with Gasteiger partial charge in [0.15, 0.2) is 6.10 Å². The number of amides is 3. The van der Waals surface area contributed by atoms with Crippen LogP contribution >= 0.6 is 11.3 Å². The molecule has 9 nitrogen and oxygen atoms in total. The van der Waals surface area contributed by atoms with Crippen molar-refractivity contribution in [3.63, 3.8) is 0 Å². The fourth-order valence-corrected chi connectivity index (χ4v) is 3.61. The van der Waals surface area contributed by atoms with Gasteiger partial charge in [0.05, 0.1) is 24.3 Å². The largest absolute Gasteiger partial charge is 0.467 e. The average molecular weight is 405 g/mol. The van der Waals surface area contributed by atoms with Crippen LogP contribution in [-0.4, -0.2) is 41.2 Å². The van der Waals surface area contributed by atoms with Gasteiger partial charge in [-0.1, -0.05) is 0 Å². The zero-order valence-electron chi connectivity index (χ0n) is 15.0. The number of likely N-dealkylation sites (tertiary alicyclic amines) is 1. The summed E-state index contributed by atoms with van der Waals surface area (Å²) < 4.78 is 10.4. The third kappa shape index (κ3) is 4.39. The Kier molecular flexibility index (Phi) is 5.78. The molecule has 0 aromatic carbocycles. The number of carbonyl (C=O) groups excluding carboxylic acids is 4. The number of nitrogens with zero attached hydrogens (tertiary/aromatic N) is 1. The molecule has 0 aliphatic carbocycles. The Morgan fingerprint density at radius 1 is 1.43 bits per heavy atom. The van der Waals surface area contributed by atoms with E-state index < -0.39 is 29.8 Å². The van der Waals surface area contributed by atoms with E-state index in [0.717, 1.165) is 11.3 Å². The van der Waals surface area contributed by atoms with E-state index in [-0.39, 0.29) is 31.0 Å². The highest BCUT2D eigenvalue weighted by atomic mass is 32.1. The average Bonchev–Trinajstić information content (AvgIpc) is 3.37. The molecule has 10 heteroatoms. The fraction of sp³-hybridized carbons (Fsp3) is 0.333. The number of hydrogen-bond acceptors (Lipinski definition) is 7. The lowest BCUT2D eigenvalue weighted by molar-refractivity contribution is -0.157. The molecule has 1 saturated heterocycles. The van der Waals surface area contributed by atoms with Gasteiger partial charge in [0.25, 0.3) is 11.8 Å². The standard InChI is InChI=1S/C18H19N3O6S/c1-10(16(24)20-17-13(15(19)23)4-6-28-17)27-18(25)11-7-14(22)21(8-11)9-12-3-2-5-26-12/h2-6,10-11H,7-9H2,1H3,(H2,19,23)(H,20,24)/t10-,11-/m1/s1. The zero-order chi connectivity index (χ0) is 20.3. The molecule has 0 saturated carbocycles. The van der Waals surface area contributed by atoms with Crippen molar-refractivity contribution in [2.24, 2.45) is 11.7 Å². The van der Waals surface area contributed by atoms with Crippen LogP contribution in [0.4, 0.5) is 5.00 Å². The van der Waals surface area contributed by atoms with Crippen LogP contribution in [0.15, 0.2) is 34.3 Å². The molecule has 2 aromatic heterocycles. The molecule has 0 bridgehead atoms. The topological polar surface area (TPSA) is 132 Å². The van der Waals surface area contributed by atoms with Gasteiger partial charge in [-0.2, -0.15) is 0 Å². The van der Waals surface area contributed by atoms with Crippen LogP contribution in [0.1, 0.15) is 29.5 Å². The van der Waals surface area contributed by atoms with Gasteiger partial charge < -0.3 is 25.1 Å². The molecule has 3 N–H and O–H groups in total. The molecule has 1 aliphatic rings. The SMILES string of the molecule is C[C@@H](OC(=O)[C@@H]1CC(=O)N(Cc2ccco2)C1)C(=O)Nc1sccc1C(N)=O. The molecule has 2 atom stereocenters. The van der Waals surface area contributed by atoms with Gasteiger partial charge in [0, 0.05) is 13.0 Å². The minimum Gasteiger partial charge on any atom is -0.467 e. The summed E-state index contributed by atoms with van der Waals surface area (Å²) in [6.45, 7) is 1.89. The van der Waals surface area contributed by atoms with Crippen molar-refractivity contribution in [2.45, 2.75) is 26.0 Å². The summed E-state index contributed by atoms with van der Waals surface area (Å²) in [4.78, 5) is 49.5. The van der Waals surface area contributed by atoms with Crippen LogP contribution in [0.3, 0.4) is 0 Å². The van der Waals surface area contributed by atoms with E-state index in [9.17, 15) is 19.2 Å². The predicted molar refractivity (Wildman–Crippen MR) is 99.3 cm³/mol. The number of hydrogen-bond donors (Lipinski definition) is 2. The number of ether oxygens (including phenoxy) is 1. The normalized spacial score (nSPS) is 17.4. The maximum absolute atomic E-state index is 12.4. The molecule has 1 aliphatic heterocycles. The van der Waals surface area contributed by atoms with Gasteiger partial charge in [-0.05, 0) is 30.5 Å². The molecule has 148 valence electrons. The number of carbonyl (C=O) groups is 4. The molecule has 2 aromatic rings. The van der Waals surface area contributed by atoms with E-state index in [1.807, 2.05) is 0 Å². The van der Waals surface area contributed by atoms with Gasteiger partial charge in [-0.25, -0.2) is 0 Å². The van der Waals surface area contributed by atoms with Crippen molar-refractivity contribution in [1.82, 2.24) is 4.90 Å². The Morgan fingerprint density at radius 3 is 2.89 bits per heavy atom. The van der Waals surface area contributed by atoms with Crippen LogP contribution in [0.25, 0.3) is 0 Å². The van der Waals surface area contributed by atoms with Crippen molar-refractivity contribution < 1.29 is 28.3 Å². The molecule has 0 unspecified atom stereocenters. The maximum Gasteiger partial charge on any atom is 0.312 e. The van der Waals surface area contributed by atoms with Crippen LogP contribution < -0.4 is 11.1 Å². The van der Waals surface area contributed by atoms with Crippen LogP contribution in [0.5, 0.6) is 0 Å². The highest BCUT2D eigenvalue weighted by Gasteiger charge is 2.37. The summed E-state index contributed by atoms with van der Waals surface area (Å²) in [5.74, 6) is -2.09. The summed E-state index contributed by atoms with van der Waals surface area (Å²) in [6, 6.07) is 4.96. The molecular weight excluding hydrogens is 386 g/mol. The number of esters is 1. The Hall–Kier alpha value is -3.14. The highest BCUT2D eigenvalue weighted by molar-refractivity contribution is 7.14. The van der Waals surface area contributed by atoms with Crippen LogP contribution in [0, 0.1) is 5.92 Å².